The fourth-order valence-corrected chi connectivity index (χ4v) is 1.05. The molecule has 0 bridgehead atoms. The zero-order chi connectivity index (χ0) is 11.8. The molecule has 0 saturated carbocycles. The number of aliphatic carboxylic acids is 1. The van der Waals surface area contributed by atoms with Gasteiger partial charge in [-0.25, -0.2) is 0 Å². The van der Waals surface area contributed by atoms with Crippen LogP contribution < -0.4 is 34.7 Å². The van der Waals surface area contributed by atoms with Crippen LogP contribution >= 0.6 is 11.6 Å². The van der Waals surface area contributed by atoms with Crippen molar-refractivity contribution in [3.8, 4) is 5.75 Å². The second kappa shape index (κ2) is 9.97. The molecule has 0 amide bonds. The van der Waals surface area contributed by atoms with Crippen LogP contribution in [0.25, 0.3) is 0 Å². The van der Waals surface area contributed by atoms with Crippen molar-refractivity contribution < 1.29 is 44.6 Å². The third-order valence-electron chi connectivity index (χ3n) is 1.60. The summed E-state index contributed by atoms with van der Waals surface area (Å²) in [5, 5.41) is 19.2. The molecular formula is C11H14ClNaO3. The van der Waals surface area contributed by atoms with Crippen LogP contribution in [0.15, 0.2) is 18.2 Å². The van der Waals surface area contributed by atoms with Gasteiger partial charge in [0.1, 0.15) is 0 Å². The van der Waals surface area contributed by atoms with Gasteiger partial charge in [-0.15, -0.1) is 5.75 Å². The summed E-state index contributed by atoms with van der Waals surface area (Å²) >= 11 is 5.58. The van der Waals surface area contributed by atoms with Gasteiger partial charge in [0.25, 0.3) is 0 Å². The van der Waals surface area contributed by atoms with E-state index in [1.54, 1.807) is 19.1 Å². The Morgan fingerprint density at radius 1 is 1.50 bits per heavy atom. The van der Waals surface area contributed by atoms with Crippen molar-refractivity contribution in [2.75, 3.05) is 0 Å². The van der Waals surface area contributed by atoms with E-state index in [2.05, 4.69) is 0 Å². The molecule has 0 atom stereocenters. The molecule has 0 aliphatic heterocycles. The smallest absolute Gasteiger partial charge is 0.872 e. The van der Waals surface area contributed by atoms with Crippen molar-refractivity contribution in [1.29, 1.82) is 0 Å². The SMILES string of the molecule is CCCC(=O)O.Cc1cc(Cl)ccc1[O-].[Na+]. The fraction of sp³-hybridized carbons (Fsp3) is 0.364. The van der Waals surface area contributed by atoms with E-state index in [4.69, 9.17) is 16.7 Å². The molecule has 0 heterocycles. The molecule has 1 rings (SSSR count). The maximum atomic E-state index is 10.7. The Labute approximate surface area is 123 Å². The summed E-state index contributed by atoms with van der Waals surface area (Å²) in [5.41, 5.74) is 0.697. The standard InChI is InChI=1S/C7H7ClO.C4H8O2.Na/c1-5-4-6(8)2-3-7(5)9;1-2-3-4(5)6;/h2-4,9H,1H3;2-3H2,1H3,(H,5,6);/q;;+1/p-1. The van der Waals surface area contributed by atoms with Gasteiger partial charge in [0.2, 0.25) is 0 Å². The number of carbonyl (C=O) groups is 1. The van der Waals surface area contributed by atoms with E-state index in [1.807, 2.05) is 6.92 Å². The van der Waals surface area contributed by atoms with Crippen molar-refractivity contribution in [2.24, 2.45) is 0 Å². The molecule has 0 saturated heterocycles. The zero-order valence-electron chi connectivity index (χ0n) is 9.79. The summed E-state index contributed by atoms with van der Waals surface area (Å²) in [7, 11) is 0. The van der Waals surface area contributed by atoms with Crippen LogP contribution in [0.3, 0.4) is 0 Å². The number of aryl methyl sites for hydroxylation is 1. The molecule has 16 heavy (non-hydrogen) atoms. The van der Waals surface area contributed by atoms with Crippen LogP contribution in [0.5, 0.6) is 5.75 Å². The topological polar surface area (TPSA) is 60.4 Å². The normalized spacial score (nSPS) is 8.44. The van der Waals surface area contributed by atoms with Crippen LogP contribution in [0.2, 0.25) is 5.02 Å². The molecule has 0 spiro atoms. The molecule has 0 aromatic heterocycles. The molecule has 84 valence electrons. The van der Waals surface area contributed by atoms with Gasteiger partial charge < -0.3 is 10.2 Å². The quantitative estimate of drug-likeness (QED) is 0.729. The van der Waals surface area contributed by atoms with Gasteiger partial charge >= 0.3 is 35.5 Å². The number of hydrogen-bond acceptors (Lipinski definition) is 2. The van der Waals surface area contributed by atoms with E-state index in [0.717, 1.165) is 6.42 Å². The van der Waals surface area contributed by atoms with Crippen molar-refractivity contribution in [1.82, 2.24) is 0 Å². The van der Waals surface area contributed by atoms with Gasteiger partial charge in [0, 0.05) is 11.4 Å². The molecule has 1 aromatic carbocycles. The van der Waals surface area contributed by atoms with E-state index in [9.17, 15) is 9.90 Å². The molecular weight excluding hydrogens is 239 g/mol. The monoisotopic (exact) mass is 252 g/mol. The van der Waals surface area contributed by atoms with Crippen molar-refractivity contribution >= 4 is 17.6 Å². The van der Waals surface area contributed by atoms with Crippen molar-refractivity contribution in [3.05, 3.63) is 28.8 Å². The average Bonchev–Trinajstić information content (AvgIpc) is 2.13. The number of hydrogen-bond donors (Lipinski definition) is 1. The molecule has 0 aliphatic carbocycles. The Kier molecular flexibility index (Phi) is 11.3. The van der Waals surface area contributed by atoms with Crippen molar-refractivity contribution in [3.63, 3.8) is 0 Å². The van der Waals surface area contributed by atoms with Gasteiger partial charge in [0.05, 0.1) is 0 Å². The third-order valence-corrected chi connectivity index (χ3v) is 1.84. The molecule has 1 aromatic rings. The third kappa shape index (κ3) is 9.04. The van der Waals surface area contributed by atoms with Gasteiger partial charge in [-0.05, 0) is 25.5 Å². The van der Waals surface area contributed by atoms with Crippen LogP contribution in [0.1, 0.15) is 25.3 Å². The predicted octanol–water partition coefficient (Wildman–Crippen LogP) is -0.403. The maximum Gasteiger partial charge on any atom is 1.00 e. The van der Waals surface area contributed by atoms with Crippen molar-refractivity contribution in [2.45, 2.75) is 26.7 Å². The molecule has 0 unspecified atom stereocenters. The molecule has 0 aliphatic rings. The zero-order valence-corrected chi connectivity index (χ0v) is 12.5. The number of rotatable bonds is 2. The van der Waals surface area contributed by atoms with E-state index in [0.29, 0.717) is 17.0 Å². The van der Waals surface area contributed by atoms with E-state index in [-0.39, 0.29) is 35.3 Å². The summed E-state index contributed by atoms with van der Waals surface area (Å²) in [6.07, 6.45) is 1.02. The second-order valence-corrected chi connectivity index (χ2v) is 3.49. The second-order valence-electron chi connectivity index (χ2n) is 3.05. The first kappa shape index (κ1) is 18.2. The first-order valence-electron chi connectivity index (χ1n) is 4.62. The molecule has 1 N–H and O–H groups in total. The summed E-state index contributed by atoms with van der Waals surface area (Å²) < 4.78 is 0. The molecule has 0 radical (unpaired) electrons. The van der Waals surface area contributed by atoms with E-state index >= 15 is 0 Å². The fourth-order valence-electron chi connectivity index (χ4n) is 0.827. The Balaban J connectivity index is 0. The Morgan fingerprint density at radius 3 is 2.31 bits per heavy atom. The first-order valence-corrected chi connectivity index (χ1v) is 5.00. The minimum atomic E-state index is -0.711. The molecule has 0 fully saturated rings. The summed E-state index contributed by atoms with van der Waals surface area (Å²) in [6, 6.07) is 4.72. The Hall–Kier alpha value is -0.220. The van der Waals surface area contributed by atoms with Crippen LogP contribution in [0, 0.1) is 6.92 Å². The average molecular weight is 253 g/mol. The number of benzene rings is 1. The van der Waals surface area contributed by atoms with E-state index < -0.39 is 5.97 Å². The Morgan fingerprint density at radius 2 is 2.06 bits per heavy atom. The van der Waals surface area contributed by atoms with E-state index in [1.165, 1.54) is 6.07 Å². The molecule has 5 heteroatoms. The molecule has 3 nitrogen and oxygen atoms in total. The largest absolute Gasteiger partial charge is 1.00 e. The van der Waals surface area contributed by atoms with Gasteiger partial charge in [-0.1, -0.05) is 30.2 Å². The van der Waals surface area contributed by atoms with Crippen LogP contribution in [-0.4, -0.2) is 11.1 Å². The number of halogens is 1. The summed E-state index contributed by atoms with van der Waals surface area (Å²) in [4.78, 5) is 9.60. The Bertz CT molecular complexity index is 329. The van der Waals surface area contributed by atoms with Crippen LogP contribution in [-0.2, 0) is 4.79 Å². The van der Waals surface area contributed by atoms with Gasteiger partial charge in [-0.3, -0.25) is 4.79 Å². The van der Waals surface area contributed by atoms with Gasteiger partial charge in [-0.2, -0.15) is 0 Å². The minimum absolute atomic E-state index is 0. The minimum Gasteiger partial charge on any atom is -0.872 e. The van der Waals surface area contributed by atoms with Crippen LogP contribution in [0.4, 0.5) is 0 Å². The summed E-state index contributed by atoms with van der Waals surface area (Å²) in [5.74, 6) is -0.670. The number of carboxylic acids is 1. The van der Waals surface area contributed by atoms with Gasteiger partial charge in [0.15, 0.2) is 0 Å². The maximum absolute atomic E-state index is 10.7. The first-order chi connectivity index (χ1) is 6.97. The predicted molar refractivity (Wildman–Crippen MR) is 58.2 cm³/mol. The summed E-state index contributed by atoms with van der Waals surface area (Å²) in [6.45, 7) is 3.59. The number of carboxylic acid groups (broad SMARTS) is 1.